The first-order valence-electron chi connectivity index (χ1n) is 33.4. The molecule has 1 aliphatic heterocycles. The van der Waals surface area contributed by atoms with E-state index < -0.39 is 11.5 Å². The summed E-state index contributed by atoms with van der Waals surface area (Å²) in [4.78, 5) is 15.1. The number of carbonyl (C=O) groups is 1. The fraction of sp³-hybridized carbons (Fsp3) is 0.716. The molecule has 9 nitrogen and oxygen atoms in total. The van der Waals surface area contributed by atoms with E-state index in [0.29, 0.717) is 29.9 Å². The van der Waals surface area contributed by atoms with Crippen LogP contribution in [0, 0.1) is 52.9 Å². The van der Waals surface area contributed by atoms with Crippen LogP contribution in [0.25, 0.3) is 5.57 Å². The monoisotopic (exact) mass is 1180 g/mol. The van der Waals surface area contributed by atoms with Crippen molar-refractivity contribution in [3.05, 3.63) is 99.1 Å². The fourth-order valence-electron chi connectivity index (χ4n) is 11.6. The topological polar surface area (TPSA) is 119 Å². The predicted molar refractivity (Wildman–Crippen MR) is 354 cm³/mol. The van der Waals surface area contributed by atoms with E-state index in [1.54, 1.807) is 11.1 Å². The van der Waals surface area contributed by atoms with Crippen LogP contribution in [0.1, 0.15) is 277 Å². The Labute approximate surface area is 559 Å². The van der Waals surface area contributed by atoms with Gasteiger partial charge in [-0.1, -0.05) is 165 Å². The molecular weight excluding hydrogens is 1060 g/mol. The summed E-state index contributed by atoms with van der Waals surface area (Å²) in [7, 11) is 1.81. The number of hydrogen-bond donors (Lipinski definition) is 4. The largest absolute Gasteiger partial charge is 1.00 e. The molecule has 8 atom stereocenters. The second-order valence-electron chi connectivity index (χ2n) is 26.6. The van der Waals surface area contributed by atoms with E-state index in [1.165, 1.54) is 128 Å². The Kier molecular flexibility index (Phi) is 36.0. The Balaban J connectivity index is 0.000000425. The van der Waals surface area contributed by atoms with Gasteiger partial charge in [0.25, 0.3) is 0 Å². The maximum Gasteiger partial charge on any atom is 1.00 e. The fourth-order valence-corrected chi connectivity index (χ4v) is 11.6. The van der Waals surface area contributed by atoms with Crippen molar-refractivity contribution in [2.45, 2.75) is 296 Å². The van der Waals surface area contributed by atoms with E-state index in [2.05, 4.69) is 182 Å². The van der Waals surface area contributed by atoms with Crippen LogP contribution in [0.15, 0.2) is 75.4 Å². The van der Waals surface area contributed by atoms with E-state index in [-0.39, 0.29) is 81.4 Å². The van der Waals surface area contributed by atoms with Crippen molar-refractivity contribution in [2.24, 2.45) is 29.1 Å². The number of carboxylic acid groups (broad SMARTS) is 1. The second kappa shape index (κ2) is 39.2. The maximum atomic E-state index is 12.4. The Hall–Kier alpha value is -2.91. The Morgan fingerprint density at radius 2 is 1.57 bits per heavy atom. The molecule has 0 bridgehead atoms. The SMILES string of the molecule is C/C=C(\C)[CH-]/C=C(\c1[c-]c(C(C)CC)c(OCC#N)cc1)C1CCC1.CC.CC/C(C)=C(/C)NC(C)C.CCC.CCC1CC1(NC(=C1CCC1)C1CC(C)CN1C(=C1CC1)C(NC=C1CCC1)C(C)(C)C)C(=O)O.COC1CCC(C)C1.[K+]. The molecule has 1 heterocycles. The number of hydrogen-bond acceptors (Lipinski definition) is 8. The van der Waals surface area contributed by atoms with Crippen molar-refractivity contribution in [3.8, 4) is 11.8 Å². The molecule has 1 aromatic rings. The summed E-state index contributed by atoms with van der Waals surface area (Å²) in [6, 6.07) is 10.9. The van der Waals surface area contributed by atoms with Gasteiger partial charge in [-0.15, -0.1) is 29.3 Å². The minimum absolute atomic E-state index is 0. The van der Waals surface area contributed by atoms with Gasteiger partial charge in [0.05, 0.1) is 18.2 Å². The molecule has 0 radical (unpaired) electrons. The molecule has 8 rings (SSSR count). The molecule has 0 aromatic heterocycles. The van der Waals surface area contributed by atoms with Gasteiger partial charge in [0.2, 0.25) is 0 Å². The number of nitrogens with one attached hydrogen (secondary N) is 3. The van der Waals surface area contributed by atoms with Crippen LogP contribution in [0.3, 0.4) is 0 Å². The van der Waals surface area contributed by atoms with Gasteiger partial charge in [-0.2, -0.15) is 29.4 Å². The first kappa shape index (κ1) is 77.2. The number of allylic oxidation sites excluding steroid dienone is 9. The van der Waals surface area contributed by atoms with Crippen LogP contribution in [0.5, 0.6) is 5.75 Å². The molecule has 6 saturated carbocycles. The van der Waals surface area contributed by atoms with Gasteiger partial charge in [0, 0.05) is 42.5 Å². The minimum atomic E-state index is -0.757. The summed E-state index contributed by atoms with van der Waals surface area (Å²) >= 11 is 0. The Morgan fingerprint density at radius 3 is 1.99 bits per heavy atom. The molecule has 7 fully saturated rings. The third-order valence-corrected chi connectivity index (χ3v) is 18.1. The number of carboxylic acids is 1. The number of likely N-dealkylation sites (tertiary alicyclic amines) is 1. The zero-order valence-electron chi connectivity index (χ0n) is 57.8. The van der Waals surface area contributed by atoms with E-state index in [9.17, 15) is 9.90 Å². The summed E-state index contributed by atoms with van der Waals surface area (Å²) in [6.07, 6.45) is 33.1. The van der Waals surface area contributed by atoms with Crippen molar-refractivity contribution in [1.29, 1.82) is 5.26 Å². The number of nitriles is 1. The van der Waals surface area contributed by atoms with Crippen LogP contribution < -0.4 is 72.1 Å². The third kappa shape index (κ3) is 23.9. The standard InChI is InChI=1S/C30H47N3O2.C23H29NO.C9H19N.C7H14O.C3H8.C2H6.K/c1-6-23-16-30(23,28(34)35)32-25(21-11-8-12-21)24-15-19(2)18-33(24)26(22-13-14-22)27(29(3,4)5)31-17-20-9-7-10-20;1-5-17(3)10-12-21(19-8-7-9-19)20-11-13-23(25-15-14-24)22(16-20)18(4)6-2;1-6-8(4)9(5)10-7(2)3;1-6-3-4-7(5-6)8-2;1-3-2;1-2;/h17,19,23-24,27,31-32H,6-16,18H2,1-5H3,(H,34,35);5,10-13,18-19H,6-9,15H2,1-4H3;7,10H,6H2,1-5H3;6-7H,3-5H2,1-2H3;3H2,1-2H3;1-2H3;/q;-2;;;;;+1/b;17-5+,21-12-;9-8-;;;;. The molecule has 1 aromatic carbocycles. The van der Waals surface area contributed by atoms with Crippen LogP contribution >= 0.6 is 0 Å². The summed E-state index contributed by atoms with van der Waals surface area (Å²) < 4.78 is 10.8. The quantitative estimate of drug-likeness (QED) is 0.0705. The molecule has 6 aliphatic carbocycles. The average molecular weight is 1190 g/mol. The zero-order chi connectivity index (χ0) is 62.0. The molecular formula is C74H123KN5O4-. The van der Waals surface area contributed by atoms with Gasteiger partial charge < -0.3 is 35.4 Å². The first-order chi connectivity index (χ1) is 39.6. The number of methoxy groups -OCH3 is 1. The summed E-state index contributed by atoms with van der Waals surface area (Å²) in [5.41, 5.74) is 14.4. The van der Waals surface area contributed by atoms with E-state index in [1.807, 2.05) is 27.0 Å². The van der Waals surface area contributed by atoms with Gasteiger partial charge in [-0.3, -0.25) is 0 Å². The molecule has 0 spiro atoms. The van der Waals surface area contributed by atoms with Crippen molar-refractivity contribution in [1.82, 2.24) is 20.9 Å². The molecule has 10 heteroatoms. The van der Waals surface area contributed by atoms with Gasteiger partial charge in [-0.05, 0) is 164 Å². The van der Waals surface area contributed by atoms with Crippen molar-refractivity contribution >= 4 is 11.5 Å². The van der Waals surface area contributed by atoms with E-state index in [4.69, 9.17) is 14.7 Å². The van der Waals surface area contributed by atoms with E-state index >= 15 is 0 Å². The smallest absolute Gasteiger partial charge is 0.523 e. The summed E-state index contributed by atoms with van der Waals surface area (Å²) in [5, 5.41) is 30.0. The molecule has 0 amide bonds. The molecule has 4 N–H and O–H groups in total. The van der Waals surface area contributed by atoms with Crippen LogP contribution in [0.2, 0.25) is 0 Å². The summed E-state index contributed by atoms with van der Waals surface area (Å²) in [5.74, 6) is 2.86. The molecule has 8 unspecified atom stereocenters. The first-order valence-corrected chi connectivity index (χ1v) is 33.4. The van der Waals surface area contributed by atoms with Gasteiger partial charge in [0.15, 0.2) is 6.61 Å². The van der Waals surface area contributed by atoms with Crippen LogP contribution in [-0.2, 0) is 9.53 Å². The summed E-state index contributed by atoms with van der Waals surface area (Å²) in [6.45, 7) is 42.6. The van der Waals surface area contributed by atoms with Crippen molar-refractivity contribution < 1.29 is 70.8 Å². The van der Waals surface area contributed by atoms with Gasteiger partial charge in [0.1, 0.15) is 11.6 Å². The normalized spacial score (nSPS) is 24.0. The maximum absolute atomic E-state index is 12.4. The van der Waals surface area contributed by atoms with Crippen LogP contribution in [0.4, 0.5) is 0 Å². The number of rotatable bonds is 21. The Morgan fingerprint density at radius 1 is 0.929 bits per heavy atom. The third-order valence-electron chi connectivity index (χ3n) is 18.1. The van der Waals surface area contributed by atoms with Crippen LogP contribution in [-0.4, -0.2) is 66.0 Å². The predicted octanol–water partition coefficient (Wildman–Crippen LogP) is 16.3. The van der Waals surface area contributed by atoms with Crippen molar-refractivity contribution in [2.75, 3.05) is 20.3 Å². The second-order valence-corrected chi connectivity index (χ2v) is 26.6. The molecule has 470 valence electrons. The molecule has 84 heavy (non-hydrogen) atoms. The number of aliphatic carboxylic acids is 1. The number of benzene rings is 1. The van der Waals surface area contributed by atoms with Gasteiger partial charge in [-0.25, -0.2) is 4.79 Å². The zero-order valence-corrected chi connectivity index (χ0v) is 60.9. The van der Waals surface area contributed by atoms with Gasteiger partial charge >= 0.3 is 57.4 Å². The molecule has 7 aliphatic rings. The Bertz CT molecular complexity index is 2360. The molecule has 1 saturated heterocycles. The van der Waals surface area contributed by atoms with Crippen molar-refractivity contribution in [3.63, 3.8) is 0 Å². The minimum Gasteiger partial charge on any atom is -0.523 e. The number of nitrogens with zero attached hydrogens (tertiary/aromatic N) is 2. The van der Waals surface area contributed by atoms with E-state index in [0.717, 1.165) is 68.7 Å². The number of ether oxygens (including phenoxy) is 2. The average Bonchev–Trinajstić information content (AvgIpc) is 2.04.